The topological polar surface area (TPSA) is 66.0 Å². The largest absolute Gasteiger partial charge is 0.364 e. The summed E-state index contributed by atoms with van der Waals surface area (Å²) < 4.78 is 0. The van der Waals surface area contributed by atoms with Crippen molar-refractivity contribution in [2.75, 3.05) is 7.05 Å². The number of nitrogens with zero attached hydrogens (tertiary/aromatic N) is 1. The number of carbonyl (C=O) groups is 1. The van der Waals surface area contributed by atoms with E-state index < -0.39 is 0 Å². The van der Waals surface area contributed by atoms with Crippen LogP contribution in [0.2, 0.25) is 0 Å². The Morgan fingerprint density at radius 3 is 2.60 bits per heavy atom. The van der Waals surface area contributed by atoms with E-state index in [0.29, 0.717) is 10.7 Å². The Morgan fingerprint density at radius 1 is 1.04 bits per heavy atom. The lowest BCUT2D eigenvalue weighted by Gasteiger charge is -2.12. The van der Waals surface area contributed by atoms with Crippen molar-refractivity contribution in [2.45, 2.75) is 6.92 Å². The molecule has 3 aromatic rings. The van der Waals surface area contributed by atoms with Crippen molar-refractivity contribution in [3.8, 4) is 11.3 Å². The summed E-state index contributed by atoms with van der Waals surface area (Å²) in [6.07, 6.45) is 0. The van der Waals surface area contributed by atoms with Gasteiger partial charge in [0.1, 0.15) is 0 Å². The van der Waals surface area contributed by atoms with E-state index in [1.807, 2.05) is 55.5 Å². The van der Waals surface area contributed by atoms with Crippen molar-refractivity contribution in [3.63, 3.8) is 0 Å². The van der Waals surface area contributed by atoms with E-state index >= 15 is 0 Å². The zero-order valence-electron chi connectivity index (χ0n) is 14.0. The van der Waals surface area contributed by atoms with Gasteiger partial charge in [-0.25, -0.2) is 4.98 Å². The molecule has 2 aromatic carbocycles. The minimum Gasteiger partial charge on any atom is -0.364 e. The highest BCUT2D eigenvalue weighted by Gasteiger charge is 2.14. The number of hydrogen-bond donors (Lipinski definition) is 3. The summed E-state index contributed by atoms with van der Waals surface area (Å²) >= 11 is 4.99. The first-order valence-corrected chi connectivity index (χ1v) is 8.24. The van der Waals surface area contributed by atoms with Crippen LogP contribution in [0, 0.1) is 6.92 Å². The first kappa shape index (κ1) is 16.9. The van der Waals surface area contributed by atoms with Crippen LogP contribution in [0.1, 0.15) is 15.9 Å². The molecule has 0 spiro atoms. The predicted molar refractivity (Wildman–Crippen MR) is 104 cm³/mol. The van der Waals surface area contributed by atoms with Crippen molar-refractivity contribution >= 4 is 34.1 Å². The fourth-order valence-corrected chi connectivity index (χ4v) is 2.61. The van der Waals surface area contributed by atoms with Gasteiger partial charge in [0, 0.05) is 18.0 Å². The number of hydrazine groups is 1. The van der Waals surface area contributed by atoms with Crippen LogP contribution in [0.15, 0.2) is 54.6 Å². The number of pyridine rings is 1. The van der Waals surface area contributed by atoms with Gasteiger partial charge in [0.2, 0.25) is 0 Å². The molecule has 0 saturated carbocycles. The minimum atomic E-state index is -0.273. The van der Waals surface area contributed by atoms with E-state index in [4.69, 9.17) is 17.2 Å². The summed E-state index contributed by atoms with van der Waals surface area (Å²) in [5.41, 5.74) is 9.44. The maximum Gasteiger partial charge on any atom is 0.270 e. The van der Waals surface area contributed by atoms with Crippen molar-refractivity contribution in [3.05, 3.63) is 65.7 Å². The second kappa shape index (κ2) is 7.27. The monoisotopic (exact) mass is 350 g/mol. The molecule has 0 unspecified atom stereocenters. The third-order valence-electron chi connectivity index (χ3n) is 3.79. The molecule has 0 aliphatic carbocycles. The van der Waals surface area contributed by atoms with E-state index in [9.17, 15) is 4.79 Å². The Kier molecular flexibility index (Phi) is 4.90. The van der Waals surface area contributed by atoms with E-state index in [0.717, 1.165) is 27.7 Å². The Labute approximate surface area is 151 Å². The molecular formula is C19H18N4OS. The Balaban J connectivity index is 2.07. The normalized spacial score (nSPS) is 10.3. The van der Waals surface area contributed by atoms with Crippen LogP contribution in [0.5, 0.6) is 0 Å². The van der Waals surface area contributed by atoms with Gasteiger partial charge in [0.25, 0.3) is 5.91 Å². The molecule has 25 heavy (non-hydrogen) atoms. The number of aryl methyl sites for hydroxylation is 1. The van der Waals surface area contributed by atoms with Crippen molar-refractivity contribution in [1.82, 2.24) is 21.2 Å². The molecule has 0 aliphatic rings. The average molecular weight is 350 g/mol. The molecule has 3 rings (SSSR count). The fourth-order valence-electron chi connectivity index (χ4n) is 2.56. The van der Waals surface area contributed by atoms with Crippen LogP contribution in [0.3, 0.4) is 0 Å². The molecule has 0 bridgehead atoms. The molecule has 1 heterocycles. The van der Waals surface area contributed by atoms with E-state index in [1.54, 1.807) is 13.1 Å². The molecule has 0 radical (unpaired) electrons. The number of para-hydroxylation sites is 1. The summed E-state index contributed by atoms with van der Waals surface area (Å²) in [6, 6.07) is 17.4. The summed E-state index contributed by atoms with van der Waals surface area (Å²) in [4.78, 5) is 17.3. The van der Waals surface area contributed by atoms with Gasteiger partial charge >= 0.3 is 0 Å². The van der Waals surface area contributed by atoms with Gasteiger partial charge in [-0.15, -0.1) is 0 Å². The summed E-state index contributed by atoms with van der Waals surface area (Å²) in [6.45, 7) is 2.03. The summed E-state index contributed by atoms with van der Waals surface area (Å²) in [5.74, 6) is -0.273. The molecule has 0 atom stereocenters. The summed E-state index contributed by atoms with van der Waals surface area (Å²) in [7, 11) is 1.68. The Bertz CT molecular complexity index is 955. The SMILES string of the molecule is CNC(=S)NNC(=O)c1cc(-c2cccc(C)c2)nc2ccccc12. The third-order valence-corrected chi connectivity index (χ3v) is 4.10. The molecule has 5 nitrogen and oxygen atoms in total. The second-order valence-electron chi connectivity index (χ2n) is 5.60. The van der Waals surface area contributed by atoms with Crippen LogP contribution in [0.4, 0.5) is 0 Å². The Morgan fingerprint density at radius 2 is 1.84 bits per heavy atom. The molecule has 6 heteroatoms. The van der Waals surface area contributed by atoms with Crippen LogP contribution in [0.25, 0.3) is 22.2 Å². The van der Waals surface area contributed by atoms with E-state index in [-0.39, 0.29) is 5.91 Å². The molecule has 0 fully saturated rings. The zero-order chi connectivity index (χ0) is 17.8. The van der Waals surface area contributed by atoms with Crippen LogP contribution < -0.4 is 16.2 Å². The number of thiocarbonyl (C=S) groups is 1. The number of fused-ring (bicyclic) bond motifs is 1. The molecule has 1 amide bonds. The third kappa shape index (κ3) is 3.75. The minimum absolute atomic E-state index is 0.273. The highest BCUT2D eigenvalue weighted by molar-refractivity contribution is 7.80. The molecular weight excluding hydrogens is 332 g/mol. The highest BCUT2D eigenvalue weighted by atomic mass is 32.1. The standard InChI is InChI=1S/C19H18N4OS/c1-12-6-5-7-13(10-12)17-11-15(18(24)22-23-19(25)20-2)14-8-3-4-9-16(14)21-17/h3-11H,1-2H3,(H,22,24)(H2,20,23,25). The number of nitrogens with one attached hydrogen (secondary N) is 3. The fraction of sp³-hybridized carbons (Fsp3) is 0.105. The van der Waals surface area contributed by atoms with E-state index in [1.165, 1.54) is 0 Å². The lowest BCUT2D eigenvalue weighted by Crippen LogP contribution is -2.45. The van der Waals surface area contributed by atoms with Gasteiger partial charge in [-0.1, -0.05) is 42.0 Å². The van der Waals surface area contributed by atoms with Crippen LogP contribution in [-0.2, 0) is 0 Å². The molecule has 3 N–H and O–H groups in total. The van der Waals surface area contributed by atoms with E-state index in [2.05, 4.69) is 16.2 Å². The lowest BCUT2D eigenvalue weighted by atomic mass is 10.0. The van der Waals surface area contributed by atoms with Gasteiger partial charge in [-0.3, -0.25) is 15.6 Å². The van der Waals surface area contributed by atoms with Crippen LogP contribution in [-0.4, -0.2) is 23.1 Å². The summed E-state index contributed by atoms with van der Waals surface area (Å²) in [5, 5.41) is 3.87. The maximum atomic E-state index is 12.6. The van der Waals surface area contributed by atoms with Gasteiger partial charge in [-0.05, 0) is 37.3 Å². The van der Waals surface area contributed by atoms with Gasteiger partial charge < -0.3 is 5.32 Å². The van der Waals surface area contributed by atoms with Gasteiger partial charge in [0.15, 0.2) is 5.11 Å². The number of carbonyl (C=O) groups excluding carboxylic acids is 1. The average Bonchev–Trinajstić information content (AvgIpc) is 2.64. The predicted octanol–water partition coefficient (Wildman–Crippen LogP) is 2.95. The number of amides is 1. The number of benzene rings is 2. The highest BCUT2D eigenvalue weighted by Crippen LogP contribution is 2.25. The first-order chi connectivity index (χ1) is 12.1. The molecule has 0 saturated heterocycles. The quantitative estimate of drug-likeness (QED) is 0.490. The zero-order valence-corrected chi connectivity index (χ0v) is 14.8. The van der Waals surface area contributed by atoms with Gasteiger partial charge in [0.05, 0.1) is 16.8 Å². The first-order valence-electron chi connectivity index (χ1n) is 7.83. The van der Waals surface area contributed by atoms with Crippen molar-refractivity contribution < 1.29 is 4.79 Å². The molecule has 1 aromatic heterocycles. The number of hydrogen-bond acceptors (Lipinski definition) is 3. The van der Waals surface area contributed by atoms with Crippen molar-refractivity contribution in [1.29, 1.82) is 0 Å². The maximum absolute atomic E-state index is 12.6. The van der Waals surface area contributed by atoms with Crippen molar-refractivity contribution in [2.24, 2.45) is 0 Å². The molecule has 126 valence electrons. The smallest absolute Gasteiger partial charge is 0.270 e. The number of aromatic nitrogens is 1. The number of rotatable bonds is 2. The molecule has 0 aliphatic heterocycles. The lowest BCUT2D eigenvalue weighted by molar-refractivity contribution is 0.0945. The van der Waals surface area contributed by atoms with Gasteiger partial charge in [-0.2, -0.15) is 0 Å². The Hall–Kier alpha value is -2.99. The van der Waals surface area contributed by atoms with Crippen LogP contribution >= 0.6 is 12.2 Å². The second-order valence-corrected chi connectivity index (χ2v) is 6.01.